The molecule has 1 amide bonds. The van der Waals surface area contributed by atoms with Crippen molar-refractivity contribution in [1.82, 2.24) is 9.62 Å². The fraction of sp³-hybridized carbons (Fsp3) is 0.316. The van der Waals surface area contributed by atoms with Gasteiger partial charge in [-0.2, -0.15) is 4.31 Å². The molecule has 150 valence electrons. The monoisotopic (exact) mass is 442 g/mol. The maximum atomic E-state index is 12.7. The second kappa shape index (κ2) is 8.69. The first-order chi connectivity index (χ1) is 13.3. The van der Waals surface area contributed by atoms with Gasteiger partial charge in [-0.05, 0) is 47.9 Å². The second-order valence-corrected chi connectivity index (χ2v) is 9.35. The van der Waals surface area contributed by atoms with Gasteiger partial charge >= 0.3 is 0 Å². The second-order valence-electron chi connectivity index (χ2n) is 6.41. The van der Waals surface area contributed by atoms with Gasteiger partial charge in [0.2, 0.25) is 10.0 Å². The van der Waals surface area contributed by atoms with Crippen LogP contribution in [0.4, 0.5) is 0 Å². The Hall–Kier alpha value is -1.80. The molecule has 1 heterocycles. The van der Waals surface area contributed by atoms with Crippen LogP contribution < -0.4 is 10.1 Å². The number of halogens is 2. The molecule has 0 radical (unpaired) electrons. The molecule has 2 aromatic rings. The Kier molecular flexibility index (Phi) is 6.50. The van der Waals surface area contributed by atoms with E-state index in [1.807, 2.05) is 18.2 Å². The van der Waals surface area contributed by atoms with E-state index in [9.17, 15) is 13.2 Å². The van der Waals surface area contributed by atoms with Crippen LogP contribution in [0.5, 0.6) is 5.75 Å². The Morgan fingerprint density at radius 2 is 1.96 bits per heavy atom. The van der Waals surface area contributed by atoms with Gasteiger partial charge in [0.15, 0.2) is 0 Å². The summed E-state index contributed by atoms with van der Waals surface area (Å²) in [5.41, 5.74) is 2.31. The van der Waals surface area contributed by atoms with E-state index in [1.54, 1.807) is 13.2 Å². The van der Waals surface area contributed by atoms with Crippen LogP contribution in [0.2, 0.25) is 10.0 Å². The SMILES string of the molecule is COc1ccc2c(c1)CCN(S(=O)(=O)CCNC(=O)c1ccc(Cl)cc1Cl)C2. The zero-order valence-electron chi connectivity index (χ0n) is 15.2. The Balaban J connectivity index is 1.59. The third kappa shape index (κ3) is 4.78. The van der Waals surface area contributed by atoms with Crippen molar-refractivity contribution in [3.05, 3.63) is 63.1 Å². The minimum atomic E-state index is -3.50. The predicted molar refractivity (Wildman–Crippen MR) is 110 cm³/mol. The van der Waals surface area contributed by atoms with Crippen molar-refractivity contribution in [2.45, 2.75) is 13.0 Å². The number of nitrogens with one attached hydrogen (secondary N) is 1. The van der Waals surface area contributed by atoms with Crippen molar-refractivity contribution in [3.63, 3.8) is 0 Å². The van der Waals surface area contributed by atoms with E-state index in [0.717, 1.165) is 16.9 Å². The average molecular weight is 443 g/mol. The number of hydrogen-bond acceptors (Lipinski definition) is 4. The van der Waals surface area contributed by atoms with Crippen molar-refractivity contribution < 1.29 is 17.9 Å². The number of sulfonamides is 1. The molecule has 9 heteroatoms. The highest BCUT2D eigenvalue weighted by atomic mass is 35.5. The number of amides is 1. The van der Waals surface area contributed by atoms with Crippen LogP contribution >= 0.6 is 23.2 Å². The molecular formula is C19H20Cl2N2O4S. The zero-order chi connectivity index (χ0) is 20.3. The number of nitrogens with zero attached hydrogens (tertiary/aromatic N) is 1. The minimum Gasteiger partial charge on any atom is -0.497 e. The summed E-state index contributed by atoms with van der Waals surface area (Å²) in [4.78, 5) is 12.2. The maximum absolute atomic E-state index is 12.7. The molecule has 0 aliphatic carbocycles. The van der Waals surface area contributed by atoms with Crippen LogP contribution in [0.25, 0.3) is 0 Å². The fourth-order valence-electron chi connectivity index (χ4n) is 3.06. The summed E-state index contributed by atoms with van der Waals surface area (Å²) in [5.74, 6) is 0.140. The van der Waals surface area contributed by atoms with Crippen molar-refractivity contribution in [1.29, 1.82) is 0 Å². The number of hydrogen-bond donors (Lipinski definition) is 1. The largest absolute Gasteiger partial charge is 0.497 e. The lowest BCUT2D eigenvalue weighted by molar-refractivity contribution is 0.0956. The van der Waals surface area contributed by atoms with Gasteiger partial charge in [0, 0.05) is 24.7 Å². The van der Waals surface area contributed by atoms with Crippen molar-refractivity contribution in [2.24, 2.45) is 0 Å². The summed E-state index contributed by atoms with van der Waals surface area (Å²) in [6, 6.07) is 10.2. The lowest BCUT2D eigenvalue weighted by atomic mass is 10.0. The van der Waals surface area contributed by atoms with Crippen molar-refractivity contribution >= 4 is 39.1 Å². The fourth-order valence-corrected chi connectivity index (χ4v) is 4.88. The van der Waals surface area contributed by atoms with E-state index in [0.29, 0.717) is 24.5 Å². The van der Waals surface area contributed by atoms with E-state index < -0.39 is 15.9 Å². The molecule has 1 aliphatic rings. The Labute approximate surface area is 174 Å². The quantitative estimate of drug-likeness (QED) is 0.745. The molecule has 1 aliphatic heterocycles. The van der Waals surface area contributed by atoms with Gasteiger partial charge in [-0.3, -0.25) is 4.79 Å². The minimum absolute atomic E-state index is 0.00785. The lowest BCUT2D eigenvalue weighted by Gasteiger charge is -2.28. The van der Waals surface area contributed by atoms with Crippen LogP contribution in [-0.4, -0.2) is 44.6 Å². The molecule has 0 saturated carbocycles. The highest BCUT2D eigenvalue weighted by Gasteiger charge is 2.27. The van der Waals surface area contributed by atoms with Crippen LogP contribution in [0, 0.1) is 0 Å². The first-order valence-electron chi connectivity index (χ1n) is 8.67. The summed E-state index contributed by atoms with van der Waals surface area (Å²) in [7, 11) is -1.90. The molecule has 0 atom stereocenters. The molecular weight excluding hydrogens is 423 g/mol. The van der Waals surface area contributed by atoms with Gasteiger partial charge in [-0.15, -0.1) is 0 Å². The molecule has 0 saturated heterocycles. The number of benzene rings is 2. The highest BCUT2D eigenvalue weighted by Crippen LogP contribution is 2.25. The van der Waals surface area contributed by atoms with Gasteiger partial charge in [0.25, 0.3) is 5.91 Å². The maximum Gasteiger partial charge on any atom is 0.252 e. The number of fused-ring (bicyclic) bond motifs is 1. The molecule has 0 bridgehead atoms. The lowest BCUT2D eigenvalue weighted by Crippen LogP contribution is -2.40. The third-order valence-electron chi connectivity index (χ3n) is 4.61. The summed E-state index contributed by atoms with van der Waals surface area (Å²) < 4.78 is 32.0. The van der Waals surface area contributed by atoms with Crippen LogP contribution in [-0.2, 0) is 23.0 Å². The van der Waals surface area contributed by atoms with Crippen LogP contribution in [0.1, 0.15) is 21.5 Å². The zero-order valence-corrected chi connectivity index (χ0v) is 17.6. The Morgan fingerprint density at radius 3 is 2.68 bits per heavy atom. The van der Waals surface area contributed by atoms with E-state index in [-0.39, 0.29) is 22.9 Å². The first kappa shape index (κ1) is 20.9. The molecule has 3 rings (SSSR count). The van der Waals surface area contributed by atoms with Gasteiger partial charge in [0.1, 0.15) is 5.75 Å². The summed E-state index contributed by atoms with van der Waals surface area (Å²) in [5, 5.41) is 3.24. The van der Waals surface area contributed by atoms with Crippen molar-refractivity contribution in [3.8, 4) is 5.75 Å². The molecule has 2 aromatic carbocycles. The molecule has 6 nitrogen and oxygen atoms in total. The smallest absolute Gasteiger partial charge is 0.252 e. The standard InChI is InChI=1S/C19H20Cl2N2O4S/c1-27-16-4-2-14-12-23(8-6-13(14)10-16)28(25,26)9-7-22-19(24)17-5-3-15(20)11-18(17)21/h2-5,10-11H,6-9,12H2,1H3,(H,22,24). The topological polar surface area (TPSA) is 75.7 Å². The number of rotatable bonds is 6. The molecule has 0 unspecified atom stereocenters. The van der Waals surface area contributed by atoms with Gasteiger partial charge in [0.05, 0.1) is 23.4 Å². The Morgan fingerprint density at radius 1 is 1.18 bits per heavy atom. The van der Waals surface area contributed by atoms with Crippen molar-refractivity contribution in [2.75, 3.05) is 26.0 Å². The average Bonchev–Trinajstić information content (AvgIpc) is 2.66. The molecule has 0 fully saturated rings. The van der Waals surface area contributed by atoms with E-state index in [2.05, 4.69) is 5.32 Å². The number of methoxy groups -OCH3 is 1. The third-order valence-corrected chi connectivity index (χ3v) is 6.97. The molecule has 28 heavy (non-hydrogen) atoms. The van der Waals surface area contributed by atoms with Gasteiger partial charge in [-0.1, -0.05) is 29.3 Å². The normalized spacial score (nSPS) is 14.4. The number of carbonyl (C=O) groups excluding carboxylic acids is 1. The van der Waals surface area contributed by atoms with E-state index in [4.69, 9.17) is 27.9 Å². The molecule has 1 N–H and O–H groups in total. The van der Waals surface area contributed by atoms with E-state index in [1.165, 1.54) is 16.4 Å². The summed E-state index contributed by atoms with van der Waals surface area (Å²) >= 11 is 11.8. The van der Waals surface area contributed by atoms with Crippen LogP contribution in [0.15, 0.2) is 36.4 Å². The Bertz CT molecular complexity index is 995. The van der Waals surface area contributed by atoms with Gasteiger partial charge in [-0.25, -0.2) is 8.42 Å². The first-order valence-corrected chi connectivity index (χ1v) is 11.0. The van der Waals surface area contributed by atoms with Gasteiger partial charge < -0.3 is 10.1 Å². The van der Waals surface area contributed by atoms with E-state index >= 15 is 0 Å². The van der Waals surface area contributed by atoms with Crippen LogP contribution in [0.3, 0.4) is 0 Å². The molecule has 0 spiro atoms. The summed E-state index contributed by atoms with van der Waals surface area (Å²) in [6.45, 7) is 0.712. The number of ether oxygens (including phenoxy) is 1. The highest BCUT2D eigenvalue weighted by molar-refractivity contribution is 7.89. The predicted octanol–water partition coefficient (Wildman–Crippen LogP) is 3.12. The number of carbonyl (C=O) groups is 1. The summed E-state index contributed by atoms with van der Waals surface area (Å²) in [6.07, 6.45) is 0.624. The molecule has 0 aromatic heterocycles.